The fourth-order valence-corrected chi connectivity index (χ4v) is 1.93. The smallest absolute Gasteiger partial charge is 0.258 e. The largest absolute Gasteiger partial charge is 0.305 e. The maximum atomic E-state index is 13.9. The fraction of sp³-hybridized carbons (Fsp3) is 0.417. The van der Waals surface area contributed by atoms with Gasteiger partial charge in [-0.25, -0.2) is 8.60 Å². The van der Waals surface area contributed by atoms with Crippen molar-refractivity contribution in [1.29, 1.82) is 0 Å². The number of rotatable bonds is 3. The second-order valence-electron chi connectivity index (χ2n) is 5.05. The van der Waals surface area contributed by atoms with E-state index < -0.39 is 43.5 Å². The number of halogens is 2. The van der Waals surface area contributed by atoms with Crippen LogP contribution in [0.3, 0.4) is 0 Å². The second-order valence-corrected chi connectivity index (χ2v) is 6.96. The summed E-state index contributed by atoms with van der Waals surface area (Å²) >= 11 is 0. The molecule has 0 aliphatic carbocycles. The topological polar surface area (TPSA) is 72.6 Å². The SMILES string of the molecule is CC(=N[S@@](=O)C(C)(C)C)c1c(F)ccc([N+](=O)[O-])c1F. The molecule has 1 atom stereocenters. The number of hydrogen-bond donors (Lipinski definition) is 0. The van der Waals surface area contributed by atoms with Crippen LogP contribution in [0.25, 0.3) is 0 Å². The average molecular weight is 304 g/mol. The lowest BCUT2D eigenvalue weighted by atomic mass is 10.1. The van der Waals surface area contributed by atoms with Crippen molar-refractivity contribution >= 4 is 22.4 Å². The Morgan fingerprint density at radius 2 is 1.90 bits per heavy atom. The molecule has 0 N–H and O–H groups in total. The molecule has 20 heavy (non-hydrogen) atoms. The van der Waals surface area contributed by atoms with Crippen molar-refractivity contribution < 1.29 is 17.9 Å². The van der Waals surface area contributed by atoms with E-state index in [1.807, 2.05) is 0 Å². The monoisotopic (exact) mass is 304 g/mol. The third-order valence-electron chi connectivity index (χ3n) is 2.37. The summed E-state index contributed by atoms with van der Waals surface area (Å²) < 4.78 is 42.4. The lowest BCUT2D eigenvalue weighted by Crippen LogP contribution is -2.21. The molecule has 0 unspecified atom stereocenters. The molecular formula is C12H14F2N2O3S. The first kappa shape index (κ1) is 16.4. The van der Waals surface area contributed by atoms with Gasteiger partial charge in [0.05, 0.1) is 20.9 Å². The Morgan fingerprint density at radius 3 is 2.35 bits per heavy atom. The lowest BCUT2D eigenvalue weighted by molar-refractivity contribution is -0.387. The molecule has 5 nitrogen and oxygen atoms in total. The number of nitrogens with zero attached hydrogens (tertiary/aromatic N) is 2. The highest BCUT2D eigenvalue weighted by molar-refractivity contribution is 7.85. The van der Waals surface area contributed by atoms with E-state index in [0.717, 1.165) is 12.1 Å². The molecule has 0 saturated carbocycles. The third-order valence-corrected chi connectivity index (χ3v) is 3.86. The van der Waals surface area contributed by atoms with E-state index in [1.165, 1.54) is 6.92 Å². The second kappa shape index (κ2) is 5.74. The zero-order valence-electron chi connectivity index (χ0n) is 11.4. The van der Waals surface area contributed by atoms with Crippen LogP contribution in [0.4, 0.5) is 14.5 Å². The molecule has 0 aliphatic rings. The summed E-state index contributed by atoms with van der Waals surface area (Å²) in [6, 6.07) is 1.53. The van der Waals surface area contributed by atoms with E-state index in [4.69, 9.17) is 0 Å². The minimum atomic E-state index is -1.72. The van der Waals surface area contributed by atoms with Crippen molar-refractivity contribution in [2.45, 2.75) is 32.4 Å². The van der Waals surface area contributed by atoms with Gasteiger partial charge < -0.3 is 0 Å². The fourth-order valence-electron chi connectivity index (χ4n) is 1.32. The van der Waals surface area contributed by atoms with Crippen molar-refractivity contribution in [3.63, 3.8) is 0 Å². The summed E-state index contributed by atoms with van der Waals surface area (Å²) in [5, 5.41) is 10.6. The molecule has 0 bridgehead atoms. The van der Waals surface area contributed by atoms with Crippen LogP contribution in [0.15, 0.2) is 16.5 Å². The van der Waals surface area contributed by atoms with Crippen molar-refractivity contribution in [2.24, 2.45) is 4.40 Å². The van der Waals surface area contributed by atoms with Crippen molar-refractivity contribution in [3.05, 3.63) is 39.4 Å². The van der Waals surface area contributed by atoms with E-state index >= 15 is 0 Å². The molecule has 8 heteroatoms. The Morgan fingerprint density at radius 1 is 1.35 bits per heavy atom. The quantitative estimate of drug-likeness (QED) is 0.489. The minimum absolute atomic E-state index is 0.183. The first-order valence-corrected chi connectivity index (χ1v) is 6.76. The zero-order chi connectivity index (χ0) is 15.7. The summed E-state index contributed by atoms with van der Waals surface area (Å²) in [5.74, 6) is -2.30. The van der Waals surface area contributed by atoms with Crippen molar-refractivity contribution in [2.75, 3.05) is 0 Å². The van der Waals surface area contributed by atoms with E-state index in [9.17, 15) is 23.1 Å². The van der Waals surface area contributed by atoms with E-state index in [-0.39, 0.29) is 5.71 Å². The minimum Gasteiger partial charge on any atom is -0.258 e. The maximum absolute atomic E-state index is 13.9. The van der Waals surface area contributed by atoms with Gasteiger partial charge in [-0.2, -0.15) is 8.79 Å². The predicted molar refractivity (Wildman–Crippen MR) is 73.1 cm³/mol. The normalized spacial score (nSPS) is 14.2. The van der Waals surface area contributed by atoms with Gasteiger partial charge in [0.15, 0.2) is 0 Å². The molecule has 0 aliphatic heterocycles. The van der Waals surface area contributed by atoms with E-state index in [1.54, 1.807) is 20.8 Å². The van der Waals surface area contributed by atoms with Crippen LogP contribution in [0.1, 0.15) is 33.3 Å². The van der Waals surface area contributed by atoms with Crippen molar-refractivity contribution in [3.8, 4) is 0 Å². The van der Waals surface area contributed by atoms with Gasteiger partial charge in [0, 0.05) is 6.07 Å². The predicted octanol–water partition coefficient (Wildman–Crippen LogP) is 3.14. The summed E-state index contributed by atoms with van der Waals surface area (Å²) in [6.07, 6.45) is 0. The van der Waals surface area contributed by atoms with Gasteiger partial charge >= 0.3 is 5.69 Å². The molecule has 0 radical (unpaired) electrons. The summed E-state index contributed by atoms with van der Waals surface area (Å²) in [7, 11) is -1.72. The average Bonchev–Trinajstić information content (AvgIpc) is 2.26. The van der Waals surface area contributed by atoms with Gasteiger partial charge in [-0.1, -0.05) is 0 Å². The first-order chi connectivity index (χ1) is 9.05. The number of nitro groups is 1. The van der Waals surface area contributed by atoms with Crippen LogP contribution >= 0.6 is 0 Å². The van der Waals surface area contributed by atoms with Crippen LogP contribution in [0, 0.1) is 21.7 Å². The Bertz CT molecular complexity index is 609. The van der Waals surface area contributed by atoms with Gasteiger partial charge in [0.25, 0.3) is 0 Å². The Labute approximate surface area is 117 Å². The van der Waals surface area contributed by atoms with Crippen LogP contribution in [0.2, 0.25) is 0 Å². The van der Waals surface area contributed by atoms with Gasteiger partial charge in [-0.05, 0) is 33.8 Å². The molecule has 0 saturated heterocycles. The highest BCUT2D eigenvalue weighted by atomic mass is 32.2. The number of nitro benzene ring substituents is 1. The molecule has 0 amide bonds. The molecule has 110 valence electrons. The number of hydrogen-bond acceptors (Lipinski definition) is 3. The van der Waals surface area contributed by atoms with Crippen LogP contribution in [-0.4, -0.2) is 19.6 Å². The van der Waals surface area contributed by atoms with Crippen LogP contribution in [-0.2, 0) is 11.0 Å². The molecule has 0 heterocycles. The van der Waals surface area contributed by atoms with Gasteiger partial charge in [-0.3, -0.25) is 10.1 Å². The summed E-state index contributed by atoms with van der Waals surface area (Å²) in [5.41, 5.74) is -1.66. The lowest BCUT2D eigenvalue weighted by Gasteiger charge is -2.14. The van der Waals surface area contributed by atoms with Crippen molar-refractivity contribution in [1.82, 2.24) is 0 Å². The van der Waals surface area contributed by atoms with Crippen LogP contribution in [0.5, 0.6) is 0 Å². The Balaban J connectivity index is 3.40. The third kappa shape index (κ3) is 3.44. The maximum Gasteiger partial charge on any atom is 0.305 e. The van der Waals surface area contributed by atoms with Gasteiger partial charge in [-0.15, -0.1) is 0 Å². The van der Waals surface area contributed by atoms with Gasteiger partial charge in [0.2, 0.25) is 5.82 Å². The molecule has 0 fully saturated rings. The molecule has 1 aromatic rings. The molecule has 0 aromatic heterocycles. The highest BCUT2D eigenvalue weighted by Crippen LogP contribution is 2.24. The number of benzene rings is 1. The standard InChI is InChI=1S/C12H14F2N2O3S/c1-7(15-20(19)12(2,3)4)10-8(13)5-6-9(11(10)14)16(17)18/h5-6H,1-4H3/t20-/m0/s1. The summed E-state index contributed by atoms with van der Waals surface area (Å²) in [4.78, 5) is 9.68. The summed E-state index contributed by atoms with van der Waals surface area (Å²) in [6.45, 7) is 6.22. The van der Waals surface area contributed by atoms with Gasteiger partial charge in [0.1, 0.15) is 16.8 Å². The molecule has 0 spiro atoms. The van der Waals surface area contributed by atoms with Crippen LogP contribution < -0.4 is 0 Å². The first-order valence-electron chi connectivity index (χ1n) is 5.65. The Hall–Kier alpha value is -1.70. The molecule has 1 rings (SSSR count). The molecular weight excluding hydrogens is 290 g/mol. The highest BCUT2D eigenvalue weighted by Gasteiger charge is 2.25. The Kier molecular flexibility index (Phi) is 4.69. The van der Waals surface area contributed by atoms with E-state index in [0.29, 0.717) is 0 Å². The zero-order valence-corrected chi connectivity index (χ0v) is 12.3. The van der Waals surface area contributed by atoms with E-state index in [2.05, 4.69) is 4.40 Å². The molecule has 1 aromatic carbocycles.